The van der Waals surface area contributed by atoms with E-state index in [-0.39, 0.29) is 0 Å². The molecule has 2 nitrogen and oxygen atoms in total. The van der Waals surface area contributed by atoms with Crippen LogP contribution in [0.4, 0.5) is 0 Å². The fourth-order valence-electron chi connectivity index (χ4n) is 4.03. The van der Waals surface area contributed by atoms with Crippen molar-refractivity contribution in [2.75, 3.05) is 6.54 Å². The first-order valence-electron chi connectivity index (χ1n) is 8.27. The maximum absolute atomic E-state index is 5.80. The topological polar surface area (TPSA) is 15.3 Å². The monoisotopic (exact) mass is 262 g/mol. The fourth-order valence-corrected chi connectivity index (χ4v) is 4.03. The van der Waals surface area contributed by atoms with E-state index in [0.717, 1.165) is 31.1 Å². The Labute approximate surface area is 119 Å². The Hall–Kier alpha value is -0.520. The molecule has 0 aromatic rings. The van der Waals surface area contributed by atoms with E-state index in [2.05, 4.69) is 30.0 Å². The average molecular weight is 262 g/mol. The van der Waals surface area contributed by atoms with Gasteiger partial charge in [-0.2, -0.15) is 0 Å². The van der Waals surface area contributed by atoms with Crippen LogP contribution >= 0.6 is 0 Å². The summed E-state index contributed by atoms with van der Waals surface area (Å²) in [7, 11) is 0. The SMILES string of the molecule is C#CC(CCC)N1C2CCCC1CC(NCCC)C2. The smallest absolute Gasteiger partial charge is 0.0716 e. The second-order valence-corrected chi connectivity index (χ2v) is 6.28. The summed E-state index contributed by atoms with van der Waals surface area (Å²) in [5.41, 5.74) is 0. The van der Waals surface area contributed by atoms with Crippen LogP contribution in [0.5, 0.6) is 0 Å². The van der Waals surface area contributed by atoms with Gasteiger partial charge in [-0.25, -0.2) is 0 Å². The van der Waals surface area contributed by atoms with Crippen LogP contribution in [0.1, 0.15) is 65.2 Å². The summed E-state index contributed by atoms with van der Waals surface area (Å²) in [6.45, 7) is 5.66. The molecule has 2 aliphatic heterocycles. The highest BCUT2D eigenvalue weighted by Gasteiger charge is 2.40. The first-order chi connectivity index (χ1) is 9.30. The van der Waals surface area contributed by atoms with Crippen molar-refractivity contribution in [2.24, 2.45) is 0 Å². The molecule has 2 bridgehead atoms. The molecule has 1 N–H and O–H groups in total. The third-order valence-corrected chi connectivity index (χ3v) is 4.83. The summed E-state index contributed by atoms with van der Waals surface area (Å²) in [4.78, 5) is 2.71. The number of terminal acetylenes is 1. The molecule has 2 fully saturated rings. The molecule has 0 saturated carbocycles. The number of nitrogens with zero attached hydrogens (tertiary/aromatic N) is 1. The maximum atomic E-state index is 5.80. The van der Waals surface area contributed by atoms with Gasteiger partial charge in [0.25, 0.3) is 0 Å². The highest BCUT2D eigenvalue weighted by atomic mass is 15.2. The number of rotatable bonds is 6. The molecule has 3 atom stereocenters. The number of hydrogen-bond donors (Lipinski definition) is 1. The minimum Gasteiger partial charge on any atom is -0.314 e. The quantitative estimate of drug-likeness (QED) is 0.740. The van der Waals surface area contributed by atoms with E-state index in [4.69, 9.17) is 6.42 Å². The Morgan fingerprint density at radius 3 is 2.42 bits per heavy atom. The summed E-state index contributed by atoms with van der Waals surface area (Å²) in [5.74, 6) is 3.06. The van der Waals surface area contributed by atoms with Gasteiger partial charge in [0.1, 0.15) is 0 Å². The molecule has 2 heteroatoms. The van der Waals surface area contributed by atoms with E-state index < -0.39 is 0 Å². The van der Waals surface area contributed by atoms with E-state index in [1.54, 1.807) is 0 Å². The van der Waals surface area contributed by atoms with Crippen molar-refractivity contribution in [3.8, 4) is 12.3 Å². The lowest BCUT2D eigenvalue weighted by atomic mass is 9.80. The van der Waals surface area contributed by atoms with Crippen molar-refractivity contribution >= 4 is 0 Å². The number of fused-ring (bicyclic) bond motifs is 2. The molecule has 0 aromatic carbocycles. The Kier molecular flexibility index (Phi) is 5.73. The molecule has 0 radical (unpaired) electrons. The minimum absolute atomic E-state index is 0.382. The third kappa shape index (κ3) is 3.52. The standard InChI is InChI=1S/C17H30N2/c1-4-8-15(6-3)19-16-9-7-10-17(19)13-14(12-16)18-11-5-2/h3,14-18H,4-5,7-13H2,1-2H3. The van der Waals surface area contributed by atoms with Crippen LogP contribution in [0, 0.1) is 12.3 Å². The maximum Gasteiger partial charge on any atom is 0.0716 e. The Bertz CT molecular complexity index is 293. The van der Waals surface area contributed by atoms with E-state index in [1.807, 2.05) is 0 Å². The summed E-state index contributed by atoms with van der Waals surface area (Å²) in [6, 6.07) is 2.57. The molecule has 2 heterocycles. The van der Waals surface area contributed by atoms with Crippen molar-refractivity contribution in [2.45, 2.75) is 89.4 Å². The predicted octanol–water partition coefficient (Wildman–Crippen LogP) is 3.17. The highest BCUT2D eigenvalue weighted by Crippen LogP contribution is 2.36. The second-order valence-electron chi connectivity index (χ2n) is 6.28. The summed E-state index contributed by atoms with van der Waals surface area (Å²) >= 11 is 0. The molecule has 3 unspecified atom stereocenters. The van der Waals surface area contributed by atoms with E-state index in [9.17, 15) is 0 Å². The first kappa shape index (κ1) is 14.9. The van der Waals surface area contributed by atoms with Gasteiger partial charge in [0.2, 0.25) is 0 Å². The van der Waals surface area contributed by atoms with Gasteiger partial charge in [-0.15, -0.1) is 6.42 Å². The van der Waals surface area contributed by atoms with Gasteiger partial charge >= 0.3 is 0 Å². The number of piperidine rings is 2. The van der Waals surface area contributed by atoms with Crippen LogP contribution in [-0.2, 0) is 0 Å². The van der Waals surface area contributed by atoms with Gasteiger partial charge in [0.05, 0.1) is 6.04 Å². The lowest BCUT2D eigenvalue weighted by Gasteiger charge is -2.51. The zero-order valence-electron chi connectivity index (χ0n) is 12.7. The zero-order chi connectivity index (χ0) is 13.7. The zero-order valence-corrected chi connectivity index (χ0v) is 12.7. The lowest BCUT2D eigenvalue weighted by molar-refractivity contribution is 0.00375. The largest absolute Gasteiger partial charge is 0.314 e. The normalized spacial score (nSPS) is 32.8. The summed E-state index contributed by atoms with van der Waals surface area (Å²) in [5, 5.41) is 3.73. The van der Waals surface area contributed by atoms with Crippen molar-refractivity contribution in [3.63, 3.8) is 0 Å². The summed E-state index contributed by atoms with van der Waals surface area (Å²) in [6.07, 6.45) is 16.1. The number of nitrogens with one attached hydrogen (secondary N) is 1. The van der Waals surface area contributed by atoms with Crippen molar-refractivity contribution in [3.05, 3.63) is 0 Å². The minimum atomic E-state index is 0.382. The van der Waals surface area contributed by atoms with Gasteiger partial charge in [-0.1, -0.05) is 32.6 Å². The molecule has 2 aliphatic rings. The Balaban J connectivity index is 2.01. The van der Waals surface area contributed by atoms with Crippen LogP contribution < -0.4 is 5.32 Å². The molecule has 19 heavy (non-hydrogen) atoms. The molecular weight excluding hydrogens is 232 g/mol. The van der Waals surface area contributed by atoms with Crippen LogP contribution in [0.3, 0.4) is 0 Å². The van der Waals surface area contributed by atoms with E-state index in [0.29, 0.717) is 6.04 Å². The fraction of sp³-hybridized carbons (Fsp3) is 0.882. The van der Waals surface area contributed by atoms with Crippen LogP contribution in [0.2, 0.25) is 0 Å². The van der Waals surface area contributed by atoms with Gasteiger partial charge in [0.15, 0.2) is 0 Å². The van der Waals surface area contributed by atoms with Gasteiger partial charge in [-0.05, 0) is 45.1 Å². The highest BCUT2D eigenvalue weighted by molar-refractivity contribution is 5.07. The van der Waals surface area contributed by atoms with E-state index >= 15 is 0 Å². The molecule has 0 amide bonds. The second kappa shape index (κ2) is 7.31. The lowest BCUT2D eigenvalue weighted by Crippen LogP contribution is -2.59. The van der Waals surface area contributed by atoms with Crippen molar-refractivity contribution < 1.29 is 0 Å². The number of hydrogen-bond acceptors (Lipinski definition) is 2. The van der Waals surface area contributed by atoms with E-state index in [1.165, 1.54) is 44.9 Å². The average Bonchev–Trinajstić information content (AvgIpc) is 2.41. The van der Waals surface area contributed by atoms with Crippen LogP contribution in [-0.4, -0.2) is 35.6 Å². The van der Waals surface area contributed by atoms with Crippen molar-refractivity contribution in [1.29, 1.82) is 0 Å². The Morgan fingerprint density at radius 1 is 1.21 bits per heavy atom. The van der Waals surface area contributed by atoms with Gasteiger partial charge < -0.3 is 5.32 Å². The molecule has 2 saturated heterocycles. The first-order valence-corrected chi connectivity index (χ1v) is 8.27. The van der Waals surface area contributed by atoms with Gasteiger partial charge in [-0.3, -0.25) is 4.90 Å². The molecule has 0 aliphatic carbocycles. The molecule has 0 spiro atoms. The van der Waals surface area contributed by atoms with Crippen molar-refractivity contribution in [1.82, 2.24) is 10.2 Å². The van der Waals surface area contributed by atoms with Crippen LogP contribution in [0.15, 0.2) is 0 Å². The third-order valence-electron chi connectivity index (χ3n) is 4.83. The molecular formula is C17H30N2. The molecule has 108 valence electrons. The van der Waals surface area contributed by atoms with Crippen LogP contribution in [0.25, 0.3) is 0 Å². The molecule has 0 aromatic heterocycles. The van der Waals surface area contributed by atoms with Gasteiger partial charge in [0, 0.05) is 18.1 Å². The summed E-state index contributed by atoms with van der Waals surface area (Å²) < 4.78 is 0. The molecule has 2 rings (SSSR count). The predicted molar refractivity (Wildman–Crippen MR) is 82.1 cm³/mol. The Morgan fingerprint density at radius 2 is 1.89 bits per heavy atom.